The van der Waals surface area contributed by atoms with Gasteiger partial charge in [0.2, 0.25) is 0 Å². The first-order valence-electron chi connectivity index (χ1n) is 8.68. The molecule has 114 valence electrons. The average molecular weight is 278 g/mol. The number of hydrogen-bond acceptors (Lipinski definition) is 2. The summed E-state index contributed by atoms with van der Waals surface area (Å²) < 4.78 is 12.7. The fraction of sp³-hybridized carbons (Fsp3) is 1.00. The highest BCUT2D eigenvalue weighted by Crippen LogP contribution is 2.67. The third-order valence-electron chi connectivity index (χ3n) is 7.75. The normalized spacial score (nSPS) is 52.2. The van der Waals surface area contributed by atoms with E-state index in [0.717, 1.165) is 18.4 Å². The molecule has 2 heteroatoms. The van der Waals surface area contributed by atoms with Gasteiger partial charge < -0.3 is 9.47 Å². The van der Waals surface area contributed by atoms with Crippen LogP contribution in [0.15, 0.2) is 0 Å². The third kappa shape index (κ3) is 1.48. The molecule has 0 amide bonds. The zero-order valence-corrected chi connectivity index (χ0v) is 13.6. The molecule has 2 saturated heterocycles. The van der Waals surface area contributed by atoms with Gasteiger partial charge in [-0.05, 0) is 42.4 Å². The maximum atomic E-state index is 6.57. The van der Waals surface area contributed by atoms with E-state index in [-0.39, 0.29) is 17.3 Å². The van der Waals surface area contributed by atoms with E-state index in [1.54, 1.807) is 0 Å². The zero-order valence-electron chi connectivity index (χ0n) is 13.6. The Morgan fingerprint density at radius 1 is 0.900 bits per heavy atom. The van der Waals surface area contributed by atoms with Gasteiger partial charge in [0.1, 0.15) is 0 Å². The van der Waals surface area contributed by atoms with Crippen molar-refractivity contribution in [3.8, 4) is 0 Å². The van der Waals surface area contributed by atoms with Crippen molar-refractivity contribution in [2.24, 2.45) is 28.6 Å². The van der Waals surface area contributed by atoms with Crippen LogP contribution in [0.1, 0.15) is 66.2 Å². The molecule has 0 aromatic heterocycles. The van der Waals surface area contributed by atoms with Gasteiger partial charge in [-0.15, -0.1) is 0 Å². The SMILES string of the molecule is CC1(C)C2OCC3(CCC4CCCCC4C3C1(C)C)O2. The van der Waals surface area contributed by atoms with E-state index in [0.29, 0.717) is 11.3 Å². The molecule has 2 bridgehead atoms. The number of hydrogen-bond donors (Lipinski definition) is 0. The Morgan fingerprint density at radius 3 is 2.45 bits per heavy atom. The van der Waals surface area contributed by atoms with Crippen molar-refractivity contribution in [2.45, 2.75) is 78.1 Å². The van der Waals surface area contributed by atoms with E-state index in [1.165, 1.54) is 38.5 Å². The predicted octanol–water partition coefficient (Wildman–Crippen LogP) is 4.38. The Kier molecular flexibility index (Phi) is 2.72. The number of fused-ring (bicyclic) bond motifs is 3. The van der Waals surface area contributed by atoms with E-state index in [1.807, 2.05) is 0 Å². The highest BCUT2D eigenvalue weighted by molar-refractivity contribution is 5.14. The molecule has 2 aliphatic heterocycles. The maximum absolute atomic E-state index is 6.57. The van der Waals surface area contributed by atoms with E-state index >= 15 is 0 Å². The van der Waals surface area contributed by atoms with Crippen LogP contribution in [0.5, 0.6) is 0 Å². The third-order valence-corrected chi connectivity index (χ3v) is 7.75. The molecule has 5 unspecified atom stereocenters. The summed E-state index contributed by atoms with van der Waals surface area (Å²) in [6.07, 6.45) is 8.36. The van der Waals surface area contributed by atoms with Crippen molar-refractivity contribution in [3.05, 3.63) is 0 Å². The van der Waals surface area contributed by atoms with E-state index in [4.69, 9.17) is 9.47 Å². The van der Waals surface area contributed by atoms with Gasteiger partial charge in [0, 0.05) is 5.41 Å². The topological polar surface area (TPSA) is 18.5 Å². The van der Waals surface area contributed by atoms with Gasteiger partial charge in [-0.2, -0.15) is 0 Å². The van der Waals surface area contributed by atoms with Gasteiger partial charge in [0.05, 0.1) is 12.2 Å². The first-order valence-corrected chi connectivity index (χ1v) is 8.68. The van der Waals surface area contributed by atoms with Crippen molar-refractivity contribution in [1.82, 2.24) is 0 Å². The summed E-state index contributed by atoms with van der Waals surface area (Å²) in [6.45, 7) is 10.6. The van der Waals surface area contributed by atoms with Crippen LogP contribution in [0.4, 0.5) is 0 Å². The summed E-state index contributed by atoms with van der Waals surface area (Å²) in [7, 11) is 0. The molecule has 4 aliphatic rings. The van der Waals surface area contributed by atoms with Crippen LogP contribution in [0, 0.1) is 28.6 Å². The Labute approximate surface area is 123 Å². The molecule has 2 heterocycles. The van der Waals surface area contributed by atoms with Crippen LogP contribution in [-0.2, 0) is 9.47 Å². The molecule has 0 aromatic rings. The second kappa shape index (κ2) is 4.01. The second-order valence-corrected chi connectivity index (χ2v) is 8.99. The molecule has 1 spiro atoms. The molecule has 4 rings (SSSR count). The largest absolute Gasteiger partial charge is 0.349 e. The zero-order chi connectivity index (χ0) is 14.2. The molecule has 2 aliphatic carbocycles. The summed E-state index contributed by atoms with van der Waals surface area (Å²) >= 11 is 0. The lowest BCUT2D eigenvalue weighted by Crippen LogP contribution is -2.64. The van der Waals surface area contributed by atoms with Gasteiger partial charge in [-0.25, -0.2) is 0 Å². The van der Waals surface area contributed by atoms with Crippen molar-refractivity contribution < 1.29 is 9.47 Å². The predicted molar refractivity (Wildman–Crippen MR) is 79.3 cm³/mol. The summed E-state index contributed by atoms with van der Waals surface area (Å²) in [5.74, 6) is 2.51. The van der Waals surface area contributed by atoms with Crippen LogP contribution in [-0.4, -0.2) is 18.5 Å². The minimum Gasteiger partial charge on any atom is -0.349 e. The molecule has 0 aromatic carbocycles. The summed E-state index contributed by atoms with van der Waals surface area (Å²) in [6, 6.07) is 0. The molecule has 0 N–H and O–H groups in total. The van der Waals surface area contributed by atoms with Crippen molar-refractivity contribution >= 4 is 0 Å². The van der Waals surface area contributed by atoms with E-state index in [9.17, 15) is 0 Å². The average Bonchev–Trinajstić information content (AvgIpc) is 2.80. The van der Waals surface area contributed by atoms with Gasteiger partial charge >= 0.3 is 0 Å². The quantitative estimate of drug-likeness (QED) is 0.654. The molecule has 4 fully saturated rings. The lowest BCUT2D eigenvalue weighted by Gasteiger charge is -2.63. The van der Waals surface area contributed by atoms with Gasteiger partial charge in [0.25, 0.3) is 0 Å². The first kappa shape index (κ1) is 13.6. The van der Waals surface area contributed by atoms with Crippen molar-refractivity contribution in [3.63, 3.8) is 0 Å². The van der Waals surface area contributed by atoms with Crippen molar-refractivity contribution in [2.75, 3.05) is 6.61 Å². The van der Waals surface area contributed by atoms with E-state index < -0.39 is 0 Å². The molecular formula is C18H30O2. The highest BCUT2D eigenvalue weighted by Gasteiger charge is 2.69. The van der Waals surface area contributed by atoms with Crippen LogP contribution in [0.3, 0.4) is 0 Å². The Morgan fingerprint density at radius 2 is 1.65 bits per heavy atom. The van der Waals surface area contributed by atoms with Crippen molar-refractivity contribution in [1.29, 1.82) is 0 Å². The number of rotatable bonds is 0. The highest BCUT2D eigenvalue weighted by atomic mass is 16.7. The monoisotopic (exact) mass is 278 g/mol. The molecule has 20 heavy (non-hydrogen) atoms. The molecule has 2 nitrogen and oxygen atoms in total. The maximum Gasteiger partial charge on any atom is 0.164 e. The summed E-state index contributed by atoms with van der Waals surface area (Å²) in [4.78, 5) is 0. The van der Waals surface area contributed by atoms with Gasteiger partial charge in [-0.3, -0.25) is 0 Å². The Hall–Kier alpha value is -0.0800. The fourth-order valence-electron chi connectivity index (χ4n) is 6.05. The standard InChI is InChI=1S/C18H30O2/c1-16(2)14-13-8-6-5-7-12(13)9-10-18(14)11-19-15(20-18)17(16,3)4/h12-15H,5-11H2,1-4H3. The van der Waals surface area contributed by atoms with Crippen LogP contribution < -0.4 is 0 Å². The van der Waals surface area contributed by atoms with Crippen LogP contribution >= 0.6 is 0 Å². The summed E-state index contributed by atoms with van der Waals surface area (Å²) in [5, 5.41) is 0. The van der Waals surface area contributed by atoms with E-state index in [2.05, 4.69) is 27.7 Å². The summed E-state index contributed by atoms with van der Waals surface area (Å²) in [5.41, 5.74) is 0.451. The molecule has 0 radical (unpaired) electrons. The minimum atomic E-state index is 0.00823. The first-order chi connectivity index (χ1) is 9.38. The minimum absolute atomic E-state index is 0.00823. The lowest BCUT2D eigenvalue weighted by atomic mass is 9.46. The molecule has 5 atom stereocenters. The number of ether oxygens (including phenoxy) is 2. The Bertz CT molecular complexity index is 414. The Balaban J connectivity index is 1.79. The van der Waals surface area contributed by atoms with Crippen LogP contribution in [0.25, 0.3) is 0 Å². The lowest BCUT2D eigenvalue weighted by molar-refractivity contribution is -0.288. The fourth-order valence-corrected chi connectivity index (χ4v) is 6.05. The second-order valence-electron chi connectivity index (χ2n) is 8.99. The van der Waals surface area contributed by atoms with Crippen LogP contribution in [0.2, 0.25) is 0 Å². The molecular weight excluding hydrogens is 248 g/mol. The van der Waals surface area contributed by atoms with Gasteiger partial charge in [0.15, 0.2) is 6.29 Å². The van der Waals surface area contributed by atoms with Gasteiger partial charge in [-0.1, -0.05) is 47.0 Å². The molecule has 2 saturated carbocycles. The smallest absolute Gasteiger partial charge is 0.164 e.